The lowest BCUT2D eigenvalue weighted by atomic mass is 10.0. The average molecular weight is 328 g/mol. The van der Waals surface area contributed by atoms with E-state index in [-0.39, 0.29) is 11.7 Å². The number of phenols is 1. The third kappa shape index (κ3) is 4.32. The SMILES string of the molecule is CCN(CCc1cccc(C(C)(C)O)n1)C(=O)c1ccccc1O. The van der Waals surface area contributed by atoms with Crippen molar-refractivity contribution in [3.63, 3.8) is 0 Å². The molecule has 2 N–H and O–H groups in total. The fraction of sp³-hybridized carbons (Fsp3) is 0.368. The highest BCUT2D eigenvalue weighted by Crippen LogP contribution is 2.19. The molecule has 0 aliphatic carbocycles. The van der Waals surface area contributed by atoms with E-state index < -0.39 is 5.60 Å². The Balaban J connectivity index is 2.09. The summed E-state index contributed by atoms with van der Waals surface area (Å²) in [6.45, 7) is 6.32. The Kier molecular flexibility index (Phi) is 5.57. The Bertz CT molecular complexity index is 708. The highest BCUT2D eigenvalue weighted by Gasteiger charge is 2.19. The summed E-state index contributed by atoms with van der Waals surface area (Å²) in [5, 5.41) is 19.9. The predicted molar refractivity (Wildman–Crippen MR) is 92.9 cm³/mol. The molecule has 0 bridgehead atoms. The summed E-state index contributed by atoms with van der Waals surface area (Å²) in [6.07, 6.45) is 0.580. The van der Waals surface area contributed by atoms with Crippen molar-refractivity contribution in [1.29, 1.82) is 0 Å². The first kappa shape index (κ1) is 17.9. The van der Waals surface area contributed by atoms with E-state index in [0.29, 0.717) is 30.8 Å². The van der Waals surface area contributed by atoms with Crippen molar-refractivity contribution in [3.05, 3.63) is 59.4 Å². The Morgan fingerprint density at radius 1 is 1.17 bits per heavy atom. The largest absolute Gasteiger partial charge is 0.507 e. The zero-order valence-corrected chi connectivity index (χ0v) is 14.4. The summed E-state index contributed by atoms with van der Waals surface area (Å²) in [5.74, 6) is -0.211. The monoisotopic (exact) mass is 328 g/mol. The fourth-order valence-corrected chi connectivity index (χ4v) is 2.44. The highest BCUT2D eigenvalue weighted by molar-refractivity contribution is 5.96. The highest BCUT2D eigenvalue weighted by atomic mass is 16.3. The molecule has 5 heteroatoms. The first-order valence-corrected chi connectivity index (χ1v) is 8.09. The number of aromatic nitrogens is 1. The Labute approximate surface area is 142 Å². The molecule has 0 spiro atoms. The summed E-state index contributed by atoms with van der Waals surface area (Å²) >= 11 is 0. The van der Waals surface area contributed by atoms with Crippen LogP contribution in [-0.4, -0.2) is 39.1 Å². The van der Waals surface area contributed by atoms with E-state index in [1.165, 1.54) is 6.07 Å². The third-order valence-corrected chi connectivity index (χ3v) is 3.87. The van der Waals surface area contributed by atoms with Crippen LogP contribution in [0.15, 0.2) is 42.5 Å². The van der Waals surface area contributed by atoms with E-state index in [1.807, 2.05) is 19.1 Å². The maximum absolute atomic E-state index is 12.5. The number of para-hydroxylation sites is 1. The van der Waals surface area contributed by atoms with Gasteiger partial charge in [-0.2, -0.15) is 0 Å². The van der Waals surface area contributed by atoms with Gasteiger partial charge in [-0.25, -0.2) is 0 Å². The predicted octanol–water partition coefficient (Wildman–Crippen LogP) is 2.72. The van der Waals surface area contributed by atoms with Crippen LogP contribution in [0.4, 0.5) is 0 Å². The zero-order valence-electron chi connectivity index (χ0n) is 14.4. The van der Waals surface area contributed by atoms with Crippen molar-refractivity contribution < 1.29 is 15.0 Å². The molecule has 5 nitrogen and oxygen atoms in total. The second-order valence-electron chi connectivity index (χ2n) is 6.23. The number of amides is 1. The molecule has 0 saturated carbocycles. The van der Waals surface area contributed by atoms with Crippen LogP contribution < -0.4 is 0 Å². The van der Waals surface area contributed by atoms with Gasteiger partial charge in [-0.15, -0.1) is 0 Å². The van der Waals surface area contributed by atoms with Crippen LogP contribution >= 0.6 is 0 Å². The van der Waals surface area contributed by atoms with Crippen LogP contribution in [0.25, 0.3) is 0 Å². The van der Waals surface area contributed by atoms with Crippen molar-refractivity contribution in [2.75, 3.05) is 13.1 Å². The molecule has 0 atom stereocenters. The molecule has 1 aromatic carbocycles. The van der Waals surface area contributed by atoms with Crippen LogP contribution in [0.1, 0.15) is 42.5 Å². The minimum absolute atomic E-state index is 0.0110. The van der Waals surface area contributed by atoms with Crippen molar-refractivity contribution in [2.24, 2.45) is 0 Å². The summed E-state index contributed by atoms with van der Waals surface area (Å²) in [6, 6.07) is 12.1. The standard InChI is InChI=1S/C19H24N2O3/c1-4-21(18(23)15-9-5-6-10-16(15)22)13-12-14-8-7-11-17(20-14)19(2,3)24/h5-11,22,24H,4,12-13H2,1-3H3. The van der Waals surface area contributed by atoms with E-state index in [0.717, 1.165) is 5.69 Å². The number of hydrogen-bond donors (Lipinski definition) is 2. The van der Waals surface area contributed by atoms with E-state index in [2.05, 4.69) is 4.98 Å². The van der Waals surface area contributed by atoms with Gasteiger partial charge in [-0.05, 0) is 45.0 Å². The molecular formula is C19H24N2O3. The summed E-state index contributed by atoms with van der Waals surface area (Å²) in [7, 11) is 0. The lowest BCUT2D eigenvalue weighted by Gasteiger charge is -2.22. The minimum atomic E-state index is -0.994. The van der Waals surface area contributed by atoms with Crippen molar-refractivity contribution in [3.8, 4) is 5.75 Å². The molecule has 1 amide bonds. The molecular weight excluding hydrogens is 304 g/mol. The topological polar surface area (TPSA) is 73.7 Å². The molecule has 2 rings (SSSR count). The maximum atomic E-state index is 12.5. The van der Waals surface area contributed by atoms with Gasteiger partial charge in [0.05, 0.1) is 11.3 Å². The molecule has 24 heavy (non-hydrogen) atoms. The molecule has 0 fully saturated rings. The van der Waals surface area contributed by atoms with Crippen LogP contribution in [0.2, 0.25) is 0 Å². The number of phenolic OH excluding ortho intramolecular Hbond substituents is 1. The number of likely N-dealkylation sites (N-methyl/N-ethyl adjacent to an activating group) is 1. The average Bonchev–Trinajstić information content (AvgIpc) is 2.55. The number of aromatic hydroxyl groups is 1. The number of carbonyl (C=O) groups is 1. The summed E-state index contributed by atoms with van der Waals surface area (Å²) < 4.78 is 0. The lowest BCUT2D eigenvalue weighted by molar-refractivity contribution is 0.0728. The molecule has 0 unspecified atom stereocenters. The summed E-state index contributed by atoms with van der Waals surface area (Å²) in [4.78, 5) is 18.7. The van der Waals surface area contributed by atoms with Gasteiger partial charge in [-0.1, -0.05) is 18.2 Å². The Morgan fingerprint density at radius 3 is 2.50 bits per heavy atom. The molecule has 1 aromatic heterocycles. The van der Waals surface area contributed by atoms with Gasteiger partial charge in [-0.3, -0.25) is 9.78 Å². The van der Waals surface area contributed by atoms with E-state index in [9.17, 15) is 15.0 Å². The smallest absolute Gasteiger partial charge is 0.257 e. The number of nitrogens with zero attached hydrogens (tertiary/aromatic N) is 2. The second kappa shape index (κ2) is 7.45. The number of benzene rings is 1. The molecule has 0 aliphatic rings. The van der Waals surface area contributed by atoms with Gasteiger partial charge in [0.2, 0.25) is 0 Å². The lowest BCUT2D eigenvalue weighted by Crippen LogP contribution is -2.33. The van der Waals surface area contributed by atoms with E-state index >= 15 is 0 Å². The summed E-state index contributed by atoms with van der Waals surface area (Å²) in [5.41, 5.74) is 0.734. The van der Waals surface area contributed by atoms with Crippen LogP contribution in [0.3, 0.4) is 0 Å². The Hall–Kier alpha value is -2.40. The van der Waals surface area contributed by atoms with Gasteiger partial charge < -0.3 is 15.1 Å². The minimum Gasteiger partial charge on any atom is -0.507 e. The normalized spacial score (nSPS) is 11.3. The van der Waals surface area contributed by atoms with Crippen molar-refractivity contribution in [2.45, 2.75) is 32.8 Å². The Morgan fingerprint density at radius 2 is 1.88 bits per heavy atom. The number of hydrogen-bond acceptors (Lipinski definition) is 4. The molecule has 2 aromatic rings. The van der Waals surface area contributed by atoms with Gasteiger partial charge in [0.15, 0.2) is 0 Å². The molecule has 1 heterocycles. The van der Waals surface area contributed by atoms with Gasteiger partial charge in [0.1, 0.15) is 11.4 Å². The molecule has 0 saturated heterocycles. The quantitative estimate of drug-likeness (QED) is 0.855. The second-order valence-corrected chi connectivity index (χ2v) is 6.23. The number of rotatable bonds is 6. The number of carbonyl (C=O) groups excluding carboxylic acids is 1. The number of pyridine rings is 1. The van der Waals surface area contributed by atoms with E-state index in [4.69, 9.17) is 0 Å². The van der Waals surface area contributed by atoms with Gasteiger partial charge in [0.25, 0.3) is 5.91 Å². The van der Waals surface area contributed by atoms with E-state index in [1.54, 1.807) is 43.0 Å². The van der Waals surface area contributed by atoms with Crippen molar-refractivity contribution in [1.82, 2.24) is 9.88 Å². The van der Waals surface area contributed by atoms with Crippen LogP contribution in [-0.2, 0) is 12.0 Å². The van der Waals surface area contributed by atoms with Crippen molar-refractivity contribution >= 4 is 5.91 Å². The molecule has 0 aliphatic heterocycles. The maximum Gasteiger partial charge on any atom is 0.257 e. The molecule has 0 radical (unpaired) electrons. The van der Waals surface area contributed by atoms with Gasteiger partial charge in [0, 0.05) is 25.2 Å². The fourth-order valence-electron chi connectivity index (χ4n) is 2.44. The van der Waals surface area contributed by atoms with Gasteiger partial charge >= 0.3 is 0 Å². The first-order chi connectivity index (χ1) is 11.3. The van der Waals surface area contributed by atoms with Crippen LogP contribution in [0, 0.1) is 0 Å². The molecule has 128 valence electrons. The number of aliphatic hydroxyl groups is 1. The zero-order chi connectivity index (χ0) is 17.7. The third-order valence-electron chi connectivity index (χ3n) is 3.87. The first-order valence-electron chi connectivity index (χ1n) is 8.09. The van der Waals surface area contributed by atoms with Crippen LogP contribution in [0.5, 0.6) is 5.75 Å².